The summed E-state index contributed by atoms with van der Waals surface area (Å²) in [5.74, 6) is -1.11. The third-order valence-electron chi connectivity index (χ3n) is 1.46. The van der Waals surface area contributed by atoms with Crippen molar-refractivity contribution in [2.75, 3.05) is 0 Å². The fraction of sp³-hybridized carbons (Fsp3) is 0.333. The zero-order chi connectivity index (χ0) is 10.8. The largest absolute Gasteiger partial charge is 0.451 e. The number of rotatable bonds is 2. The van der Waals surface area contributed by atoms with Gasteiger partial charge in [-0.1, -0.05) is 12.2 Å². The summed E-state index contributed by atoms with van der Waals surface area (Å²) in [7, 11) is 0. The van der Waals surface area contributed by atoms with Crippen LogP contribution in [0, 0.1) is 0 Å². The Labute approximate surface area is 79.5 Å². The molecule has 0 amide bonds. The van der Waals surface area contributed by atoms with Gasteiger partial charge in [0.25, 0.3) is 0 Å². The summed E-state index contributed by atoms with van der Waals surface area (Å²) < 4.78 is 36.1. The average molecular weight is 202 g/mol. The molecule has 0 N–H and O–H groups in total. The first-order chi connectivity index (χ1) is 6.39. The van der Waals surface area contributed by atoms with Gasteiger partial charge in [0.2, 0.25) is 5.82 Å². The van der Waals surface area contributed by atoms with Crippen LogP contribution in [0.1, 0.15) is 18.3 Å². The van der Waals surface area contributed by atoms with Crippen LogP contribution in [0.4, 0.5) is 13.2 Å². The summed E-state index contributed by atoms with van der Waals surface area (Å²) in [6.07, 6.45) is -1.63. The Bertz CT molecular complexity index is 327. The zero-order valence-corrected chi connectivity index (χ0v) is 7.60. The highest BCUT2D eigenvalue weighted by molar-refractivity contribution is 5.13. The molecule has 0 saturated heterocycles. The van der Waals surface area contributed by atoms with Crippen molar-refractivity contribution in [2.45, 2.75) is 19.5 Å². The van der Waals surface area contributed by atoms with Gasteiger partial charge in [0.1, 0.15) is 0 Å². The van der Waals surface area contributed by atoms with Gasteiger partial charge < -0.3 is 0 Å². The lowest BCUT2D eigenvalue weighted by molar-refractivity contribution is -0.145. The Morgan fingerprint density at radius 1 is 1.36 bits per heavy atom. The summed E-state index contributed by atoms with van der Waals surface area (Å²) in [5.41, 5.74) is 1.49. The molecule has 0 radical (unpaired) electrons. The van der Waals surface area contributed by atoms with E-state index in [9.17, 15) is 13.2 Å². The van der Waals surface area contributed by atoms with Gasteiger partial charge in [-0.05, 0) is 18.9 Å². The molecule has 0 unspecified atom stereocenters. The maximum atomic E-state index is 12.0. The molecule has 1 aromatic heterocycles. The average Bonchev–Trinajstić information content (AvgIpc) is 2.02. The minimum absolute atomic E-state index is 0.498. The molecule has 0 aromatic carbocycles. The van der Waals surface area contributed by atoms with E-state index >= 15 is 0 Å². The van der Waals surface area contributed by atoms with E-state index in [1.807, 2.05) is 0 Å². The number of hydrogen-bond donors (Lipinski definition) is 0. The van der Waals surface area contributed by atoms with E-state index in [0.717, 1.165) is 5.57 Å². The fourth-order valence-corrected chi connectivity index (χ4v) is 0.941. The molecule has 0 bridgehead atoms. The monoisotopic (exact) mass is 202 g/mol. The van der Waals surface area contributed by atoms with E-state index in [0.29, 0.717) is 12.0 Å². The molecule has 1 heterocycles. The normalized spacial score (nSPS) is 11.4. The molecule has 0 spiro atoms. The molecule has 14 heavy (non-hydrogen) atoms. The molecule has 0 atom stereocenters. The lowest BCUT2D eigenvalue weighted by Gasteiger charge is -2.04. The first-order valence-corrected chi connectivity index (χ1v) is 3.92. The molecule has 76 valence electrons. The number of nitrogens with zero attached hydrogens (tertiary/aromatic N) is 2. The zero-order valence-electron chi connectivity index (χ0n) is 7.60. The van der Waals surface area contributed by atoms with E-state index in [4.69, 9.17) is 0 Å². The standard InChI is InChI=1S/C9H9F3N2/c1-6(2)3-7-4-13-8(14-5-7)9(10,11)12/h4-5H,1,3H2,2H3. The van der Waals surface area contributed by atoms with E-state index in [1.165, 1.54) is 12.4 Å². The van der Waals surface area contributed by atoms with Gasteiger partial charge in [-0.3, -0.25) is 0 Å². The SMILES string of the molecule is C=C(C)Cc1cnc(C(F)(F)F)nc1. The van der Waals surface area contributed by atoms with Gasteiger partial charge in [-0.2, -0.15) is 13.2 Å². The number of aromatic nitrogens is 2. The molecule has 0 aliphatic rings. The van der Waals surface area contributed by atoms with Crippen molar-refractivity contribution in [1.29, 1.82) is 0 Å². The van der Waals surface area contributed by atoms with Crippen LogP contribution in [0.5, 0.6) is 0 Å². The smallest absolute Gasteiger partial charge is 0.233 e. The van der Waals surface area contributed by atoms with Crippen molar-refractivity contribution in [3.8, 4) is 0 Å². The fourth-order valence-electron chi connectivity index (χ4n) is 0.941. The number of allylic oxidation sites excluding steroid dienone is 1. The third kappa shape index (κ3) is 2.83. The summed E-state index contributed by atoms with van der Waals surface area (Å²) in [6, 6.07) is 0. The lowest BCUT2D eigenvalue weighted by atomic mass is 10.1. The van der Waals surface area contributed by atoms with Crippen LogP contribution in [0.2, 0.25) is 0 Å². The summed E-state index contributed by atoms with van der Waals surface area (Å²) in [5, 5.41) is 0. The maximum Gasteiger partial charge on any atom is 0.451 e. The van der Waals surface area contributed by atoms with Crippen molar-refractivity contribution in [1.82, 2.24) is 9.97 Å². The number of halogens is 3. The van der Waals surface area contributed by atoms with Gasteiger partial charge in [0.05, 0.1) is 0 Å². The van der Waals surface area contributed by atoms with Crippen LogP contribution in [0.25, 0.3) is 0 Å². The highest BCUT2D eigenvalue weighted by atomic mass is 19.4. The molecule has 0 aliphatic carbocycles. The van der Waals surface area contributed by atoms with Gasteiger partial charge in [-0.15, -0.1) is 0 Å². The molecule has 5 heteroatoms. The predicted molar refractivity (Wildman–Crippen MR) is 45.6 cm³/mol. The van der Waals surface area contributed by atoms with Gasteiger partial charge in [0.15, 0.2) is 0 Å². The predicted octanol–water partition coefficient (Wildman–Crippen LogP) is 2.61. The molecule has 0 saturated carbocycles. The van der Waals surface area contributed by atoms with Crippen LogP contribution in [-0.2, 0) is 12.6 Å². The Morgan fingerprint density at radius 2 is 1.86 bits per heavy atom. The quantitative estimate of drug-likeness (QED) is 0.689. The Morgan fingerprint density at radius 3 is 2.21 bits per heavy atom. The van der Waals surface area contributed by atoms with Crippen molar-refractivity contribution in [2.24, 2.45) is 0 Å². The van der Waals surface area contributed by atoms with Crippen LogP contribution >= 0.6 is 0 Å². The first-order valence-electron chi connectivity index (χ1n) is 3.92. The highest BCUT2D eigenvalue weighted by Gasteiger charge is 2.34. The van der Waals surface area contributed by atoms with E-state index in [-0.39, 0.29) is 0 Å². The maximum absolute atomic E-state index is 12.0. The second-order valence-electron chi connectivity index (χ2n) is 3.05. The minimum Gasteiger partial charge on any atom is -0.233 e. The molecule has 0 aliphatic heterocycles. The summed E-state index contributed by atoms with van der Waals surface area (Å²) >= 11 is 0. The number of hydrogen-bond acceptors (Lipinski definition) is 2. The van der Waals surface area contributed by atoms with Crippen molar-refractivity contribution < 1.29 is 13.2 Å². The van der Waals surface area contributed by atoms with Crippen LogP contribution in [0.3, 0.4) is 0 Å². The highest BCUT2D eigenvalue weighted by Crippen LogP contribution is 2.25. The van der Waals surface area contributed by atoms with Gasteiger partial charge in [-0.25, -0.2) is 9.97 Å². The van der Waals surface area contributed by atoms with Gasteiger partial charge >= 0.3 is 6.18 Å². The second kappa shape index (κ2) is 3.77. The minimum atomic E-state index is -4.47. The Hall–Kier alpha value is -1.39. The van der Waals surface area contributed by atoms with Crippen molar-refractivity contribution >= 4 is 0 Å². The molecule has 1 aromatic rings. The Balaban J connectivity index is 2.84. The van der Waals surface area contributed by atoms with Crippen LogP contribution in [0.15, 0.2) is 24.5 Å². The molecule has 1 rings (SSSR count). The second-order valence-corrected chi connectivity index (χ2v) is 3.05. The summed E-state index contributed by atoms with van der Waals surface area (Å²) in [6.45, 7) is 5.43. The van der Waals surface area contributed by atoms with Crippen molar-refractivity contribution in [3.63, 3.8) is 0 Å². The third-order valence-corrected chi connectivity index (χ3v) is 1.46. The van der Waals surface area contributed by atoms with E-state index in [1.54, 1.807) is 6.92 Å². The molecule has 2 nitrogen and oxygen atoms in total. The van der Waals surface area contributed by atoms with Crippen molar-refractivity contribution in [3.05, 3.63) is 35.9 Å². The molecular formula is C9H9F3N2. The Kier molecular flexibility index (Phi) is 2.88. The van der Waals surface area contributed by atoms with E-state index < -0.39 is 12.0 Å². The lowest BCUT2D eigenvalue weighted by Crippen LogP contribution is -2.10. The first kappa shape index (κ1) is 10.7. The topological polar surface area (TPSA) is 25.8 Å². The summed E-state index contributed by atoms with van der Waals surface area (Å²) in [4.78, 5) is 6.45. The van der Waals surface area contributed by atoms with Crippen LogP contribution < -0.4 is 0 Å². The number of alkyl halides is 3. The van der Waals surface area contributed by atoms with Gasteiger partial charge in [0, 0.05) is 12.4 Å². The molecule has 0 fully saturated rings. The van der Waals surface area contributed by atoms with E-state index in [2.05, 4.69) is 16.5 Å². The van der Waals surface area contributed by atoms with Crippen LogP contribution in [-0.4, -0.2) is 9.97 Å². The molecular weight excluding hydrogens is 193 g/mol.